The molecule has 0 bridgehead atoms. The highest BCUT2D eigenvalue weighted by Gasteiger charge is 2.15. The summed E-state index contributed by atoms with van der Waals surface area (Å²) in [4.78, 5) is 12.4. The fourth-order valence-electron chi connectivity index (χ4n) is 1.97. The average Bonchev–Trinajstić information content (AvgIpc) is 3.05. The van der Waals surface area contributed by atoms with Gasteiger partial charge in [-0.05, 0) is 6.07 Å². The number of benzene rings is 1. The Balaban J connectivity index is 1.65. The molecule has 3 aromatic rings. The van der Waals surface area contributed by atoms with Crippen molar-refractivity contribution in [3.8, 4) is 10.7 Å². The summed E-state index contributed by atoms with van der Waals surface area (Å²) in [7, 11) is -3.66. The molecule has 9 heteroatoms. The number of aromatic nitrogens is 3. The maximum absolute atomic E-state index is 13.6. The number of thiazole rings is 1. The van der Waals surface area contributed by atoms with Crippen molar-refractivity contribution in [1.82, 2.24) is 19.7 Å². The van der Waals surface area contributed by atoms with Crippen LogP contribution in [0.1, 0.15) is 11.3 Å². The summed E-state index contributed by atoms with van der Waals surface area (Å²) in [5, 5.41) is 2.40. The highest BCUT2D eigenvalue weighted by atomic mass is 32.2. The van der Waals surface area contributed by atoms with E-state index in [0.29, 0.717) is 16.4 Å². The number of sulfonamides is 1. The summed E-state index contributed by atoms with van der Waals surface area (Å²) in [5.41, 5.74) is 1.32. The van der Waals surface area contributed by atoms with Crippen LogP contribution in [-0.2, 0) is 22.3 Å². The number of rotatable bonds is 6. The van der Waals surface area contributed by atoms with Gasteiger partial charge in [-0.3, -0.25) is 9.97 Å². The zero-order valence-corrected chi connectivity index (χ0v) is 14.0. The SMILES string of the molecule is O=S(=O)(Cc1ccccc1F)NCc1csc(-c2cnccn2)n1. The van der Waals surface area contributed by atoms with E-state index in [4.69, 9.17) is 0 Å². The van der Waals surface area contributed by atoms with Gasteiger partial charge in [-0.2, -0.15) is 0 Å². The monoisotopic (exact) mass is 364 g/mol. The third-order valence-electron chi connectivity index (χ3n) is 3.11. The topological polar surface area (TPSA) is 84.8 Å². The van der Waals surface area contributed by atoms with Gasteiger partial charge in [-0.25, -0.2) is 22.5 Å². The van der Waals surface area contributed by atoms with Gasteiger partial charge in [-0.15, -0.1) is 11.3 Å². The first-order valence-electron chi connectivity index (χ1n) is 6.95. The molecule has 2 aromatic heterocycles. The van der Waals surface area contributed by atoms with Crippen LogP contribution in [0, 0.1) is 5.82 Å². The molecule has 1 N–H and O–H groups in total. The molecule has 0 aliphatic carbocycles. The first-order chi connectivity index (χ1) is 11.5. The molecule has 0 amide bonds. The Kier molecular flexibility index (Phi) is 4.93. The molecule has 6 nitrogen and oxygen atoms in total. The lowest BCUT2D eigenvalue weighted by Crippen LogP contribution is -2.25. The summed E-state index contributed by atoms with van der Waals surface area (Å²) in [6.07, 6.45) is 4.72. The summed E-state index contributed by atoms with van der Waals surface area (Å²) in [6, 6.07) is 5.80. The minimum atomic E-state index is -3.66. The van der Waals surface area contributed by atoms with Gasteiger partial charge in [-0.1, -0.05) is 18.2 Å². The van der Waals surface area contributed by atoms with Gasteiger partial charge >= 0.3 is 0 Å². The van der Waals surface area contributed by atoms with Gasteiger partial charge in [0.15, 0.2) is 0 Å². The molecule has 0 radical (unpaired) electrons. The molecular formula is C15H13FN4O2S2. The van der Waals surface area contributed by atoms with Crippen LogP contribution in [0.5, 0.6) is 0 Å². The molecular weight excluding hydrogens is 351 g/mol. The predicted molar refractivity (Wildman–Crippen MR) is 89.0 cm³/mol. The van der Waals surface area contributed by atoms with Crippen molar-refractivity contribution in [3.05, 3.63) is 65.3 Å². The molecule has 24 heavy (non-hydrogen) atoms. The van der Waals surface area contributed by atoms with Crippen LogP contribution in [0.15, 0.2) is 48.2 Å². The van der Waals surface area contributed by atoms with Crippen LogP contribution in [0.25, 0.3) is 10.7 Å². The van der Waals surface area contributed by atoms with E-state index in [-0.39, 0.29) is 12.1 Å². The minimum absolute atomic E-state index is 0.0353. The molecule has 0 aliphatic rings. The van der Waals surface area contributed by atoms with E-state index in [1.165, 1.54) is 29.5 Å². The van der Waals surface area contributed by atoms with Gasteiger partial charge in [0.1, 0.15) is 16.5 Å². The number of nitrogens with one attached hydrogen (secondary N) is 1. The lowest BCUT2D eigenvalue weighted by atomic mass is 10.2. The second kappa shape index (κ2) is 7.12. The number of halogens is 1. The van der Waals surface area contributed by atoms with Crippen LogP contribution >= 0.6 is 11.3 Å². The van der Waals surface area contributed by atoms with E-state index in [0.717, 1.165) is 0 Å². The van der Waals surface area contributed by atoms with Crippen molar-refractivity contribution >= 4 is 21.4 Å². The van der Waals surface area contributed by atoms with Crippen LogP contribution in [-0.4, -0.2) is 23.4 Å². The molecule has 1 aromatic carbocycles. The number of nitrogens with zero attached hydrogens (tertiary/aromatic N) is 3. The zero-order valence-electron chi connectivity index (χ0n) is 12.4. The van der Waals surface area contributed by atoms with E-state index in [9.17, 15) is 12.8 Å². The Morgan fingerprint density at radius 2 is 2.04 bits per heavy atom. The quantitative estimate of drug-likeness (QED) is 0.726. The second-order valence-electron chi connectivity index (χ2n) is 4.91. The molecule has 0 saturated carbocycles. The van der Waals surface area contributed by atoms with Gasteiger partial charge in [0.05, 0.1) is 24.2 Å². The van der Waals surface area contributed by atoms with Crippen molar-refractivity contribution < 1.29 is 12.8 Å². The summed E-state index contributed by atoms with van der Waals surface area (Å²) in [6.45, 7) is 0.0353. The van der Waals surface area contributed by atoms with Gasteiger partial charge in [0, 0.05) is 23.3 Å². The predicted octanol–water partition coefficient (Wildman–Crippen LogP) is 2.36. The molecule has 0 atom stereocenters. The Morgan fingerprint density at radius 3 is 2.79 bits per heavy atom. The number of hydrogen-bond acceptors (Lipinski definition) is 6. The molecule has 2 heterocycles. The third-order valence-corrected chi connectivity index (χ3v) is 5.30. The van der Waals surface area contributed by atoms with E-state index in [2.05, 4.69) is 19.7 Å². The van der Waals surface area contributed by atoms with E-state index >= 15 is 0 Å². The zero-order chi connectivity index (χ0) is 17.0. The Hall–Kier alpha value is -2.23. The smallest absolute Gasteiger partial charge is 0.216 e. The molecule has 3 rings (SSSR count). The summed E-state index contributed by atoms with van der Waals surface area (Å²) >= 11 is 1.35. The number of hydrogen-bond donors (Lipinski definition) is 1. The fourth-order valence-corrected chi connectivity index (χ4v) is 3.86. The van der Waals surface area contributed by atoms with Crippen LogP contribution in [0.4, 0.5) is 4.39 Å². The Bertz CT molecular complexity index is 929. The van der Waals surface area contributed by atoms with E-state index in [1.807, 2.05) is 0 Å². The van der Waals surface area contributed by atoms with Crippen LogP contribution < -0.4 is 4.72 Å². The molecule has 0 saturated heterocycles. The maximum atomic E-state index is 13.6. The van der Waals surface area contributed by atoms with Gasteiger partial charge < -0.3 is 0 Å². The normalized spacial score (nSPS) is 11.5. The van der Waals surface area contributed by atoms with E-state index < -0.39 is 21.6 Å². The highest BCUT2D eigenvalue weighted by Crippen LogP contribution is 2.20. The first kappa shape index (κ1) is 16.6. The molecule has 124 valence electrons. The van der Waals surface area contributed by atoms with Crippen LogP contribution in [0.3, 0.4) is 0 Å². The molecule has 0 aliphatic heterocycles. The lowest BCUT2D eigenvalue weighted by molar-refractivity contribution is 0.573. The van der Waals surface area contributed by atoms with Crippen molar-refractivity contribution in [2.24, 2.45) is 0 Å². The molecule has 0 spiro atoms. The van der Waals surface area contributed by atoms with E-state index in [1.54, 1.807) is 30.0 Å². The Labute approximate surface area is 142 Å². The Morgan fingerprint density at radius 1 is 1.21 bits per heavy atom. The maximum Gasteiger partial charge on any atom is 0.216 e. The molecule has 0 unspecified atom stereocenters. The van der Waals surface area contributed by atoms with Gasteiger partial charge in [0.2, 0.25) is 10.0 Å². The van der Waals surface area contributed by atoms with Crippen molar-refractivity contribution in [2.75, 3.05) is 0 Å². The summed E-state index contributed by atoms with van der Waals surface area (Å²) in [5.74, 6) is -0.956. The largest absolute Gasteiger partial charge is 0.261 e. The molecule has 0 fully saturated rings. The minimum Gasteiger partial charge on any atom is -0.261 e. The average molecular weight is 364 g/mol. The van der Waals surface area contributed by atoms with Crippen molar-refractivity contribution in [3.63, 3.8) is 0 Å². The third kappa shape index (κ3) is 4.19. The fraction of sp³-hybridized carbons (Fsp3) is 0.133. The highest BCUT2D eigenvalue weighted by molar-refractivity contribution is 7.88. The standard InChI is InChI=1S/C15H13FN4O2S2/c16-13-4-2-1-3-11(13)10-24(21,22)19-7-12-9-23-15(20-12)14-8-17-5-6-18-14/h1-6,8-9,19H,7,10H2. The summed E-state index contributed by atoms with van der Waals surface area (Å²) < 4.78 is 40.1. The first-order valence-corrected chi connectivity index (χ1v) is 9.48. The van der Waals surface area contributed by atoms with Gasteiger partial charge in [0.25, 0.3) is 0 Å². The second-order valence-corrected chi connectivity index (χ2v) is 7.57. The lowest BCUT2D eigenvalue weighted by Gasteiger charge is -2.06. The van der Waals surface area contributed by atoms with Crippen LogP contribution in [0.2, 0.25) is 0 Å². The van der Waals surface area contributed by atoms with Crippen molar-refractivity contribution in [2.45, 2.75) is 12.3 Å². The van der Waals surface area contributed by atoms with Crippen molar-refractivity contribution in [1.29, 1.82) is 0 Å².